The van der Waals surface area contributed by atoms with Crippen molar-refractivity contribution >= 4 is 33.9 Å². The molecule has 176 valence electrons. The number of Topliss-reactive ketones (excluding diaryl/α,β-unsaturated/α-hetero) is 1. The lowest BCUT2D eigenvalue weighted by Crippen LogP contribution is -2.29. The second-order valence-electron chi connectivity index (χ2n) is 7.56. The van der Waals surface area contributed by atoms with E-state index in [9.17, 15) is 14.7 Å². The van der Waals surface area contributed by atoms with Gasteiger partial charge in [0.05, 0.1) is 24.8 Å². The lowest BCUT2D eigenvalue weighted by molar-refractivity contribution is -0.132. The first-order valence-electron chi connectivity index (χ1n) is 11.1. The molecule has 0 saturated carbocycles. The number of thiazole rings is 1. The zero-order chi connectivity index (χ0) is 24.1. The second-order valence-corrected chi connectivity index (χ2v) is 8.43. The number of hydrogen-bond donors (Lipinski definition) is 1. The van der Waals surface area contributed by atoms with Crippen LogP contribution in [0.25, 0.3) is 5.76 Å². The van der Waals surface area contributed by atoms with Gasteiger partial charge in [-0.05, 0) is 43.2 Å². The standard InChI is InChI=1S/C25H25N3O5S/c1-3-5-13-33-18-7-6-17(15-19(18)32-4-2)21-20(22(29)16-8-10-26-11-9-16)23(30)24(31)28(21)25-27-12-14-34-25/h6-12,14-15,21,29H,3-5,13H2,1-2H3. The number of aliphatic hydroxyl groups excluding tert-OH is 1. The van der Waals surface area contributed by atoms with E-state index in [-0.39, 0.29) is 11.3 Å². The number of ketones is 1. The van der Waals surface area contributed by atoms with Gasteiger partial charge in [0.25, 0.3) is 5.78 Å². The Morgan fingerprint density at radius 2 is 1.88 bits per heavy atom. The van der Waals surface area contributed by atoms with E-state index in [2.05, 4.69) is 16.9 Å². The molecule has 1 unspecified atom stereocenters. The maximum absolute atomic E-state index is 13.2. The summed E-state index contributed by atoms with van der Waals surface area (Å²) >= 11 is 1.24. The van der Waals surface area contributed by atoms with Crippen LogP contribution < -0.4 is 14.4 Å². The molecule has 0 aliphatic carbocycles. The molecule has 8 nitrogen and oxygen atoms in total. The highest BCUT2D eigenvalue weighted by atomic mass is 32.1. The van der Waals surface area contributed by atoms with Crippen LogP contribution in [0.3, 0.4) is 0 Å². The normalized spacial score (nSPS) is 17.2. The number of nitrogens with zero attached hydrogens (tertiary/aromatic N) is 3. The first-order valence-corrected chi connectivity index (χ1v) is 11.9. The lowest BCUT2D eigenvalue weighted by Gasteiger charge is -2.24. The molecule has 1 amide bonds. The third-order valence-corrected chi connectivity index (χ3v) is 6.13. The molecular formula is C25H25N3O5S. The molecule has 1 aliphatic heterocycles. The summed E-state index contributed by atoms with van der Waals surface area (Å²) in [4.78, 5) is 35.8. The highest BCUT2D eigenvalue weighted by molar-refractivity contribution is 7.14. The van der Waals surface area contributed by atoms with Gasteiger partial charge in [-0.2, -0.15) is 0 Å². The van der Waals surface area contributed by atoms with Crippen LogP contribution >= 0.6 is 11.3 Å². The molecule has 1 fully saturated rings. The van der Waals surface area contributed by atoms with Crippen molar-refractivity contribution in [3.8, 4) is 11.5 Å². The van der Waals surface area contributed by atoms with Crippen LogP contribution in [0, 0.1) is 0 Å². The molecule has 2 aromatic heterocycles. The van der Waals surface area contributed by atoms with E-state index in [4.69, 9.17) is 9.47 Å². The molecule has 3 heterocycles. The van der Waals surface area contributed by atoms with Gasteiger partial charge < -0.3 is 14.6 Å². The van der Waals surface area contributed by atoms with E-state index in [1.54, 1.807) is 41.9 Å². The Morgan fingerprint density at radius 3 is 2.56 bits per heavy atom. The smallest absolute Gasteiger partial charge is 0.301 e. The highest BCUT2D eigenvalue weighted by Gasteiger charge is 2.48. The number of aromatic nitrogens is 2. The van der Waals surface area contributed by atoms with Gasteiger partial charge in [-0.3, -0.25) is 19.5 Å². The van der Waals surface area contributed by atoms with Gasteiger partial charge in [0.2, 0.25) is 0 Å². The predicted molar refractivity (Wildman–Crippen MR) is 129 cm³/mol. The predicted octanol–water partition coefficient (Wildman–Crippen LogP) is 4.74. The van der Waals surface area contributed by atoms with Gasteiger partial charge in [-0.1, -0.05) is 19.4 Å². The van der Waals surface area contributed by atoms with Crippen LogP contribution in [0.4, 0.5) is 5.13 Å². The molecule has 34 heavy (non-hydrogen) atoms. The molecule has 9 heteroatoms. The number of carbonyl (C=O) groups excluding carboxylic acids is 2. The SMILES string of the molecule is CCCCOc1ccc(C2C(=C(O)c3ccncc3)C(=O)C(=O)N2c2nccs2)cc1OCC. The number of amides is 1. The number of aliphatic hydroxyl groups is 1. The first-order chi connectivity index (χ1) is 16.6. The minimum absolute atomic E-state index is 0.0199. The largest absolute Gasteiger partial charge is 0.507 e. The molecular weight excluding hydrogens is 454 g/mol. The van der Waals surface area contributed by atoms with Gasteiger partial charge in [0.1, 0.15) is 5.76 Å². The van der Waals surface area contributed by atoms with E-state index in [0.29, 0.717) is 41.0 Å². The maximum Gasteiger partial charge on any atom is 0.301 e. The van der Waals surface area contributed by atoms with Gasteiger partial charge in [-0.25, -0.2) is 4.98 Å². The summed E-state index contributed by atoms with van der Waals surface area (Å²) in [6.45, 7) is 4.92. The number of pyridine rings is 1. The number of ether oxygens (including phenoxy) is 2. The number of unbranched alkanes of at least 4 members (excludes halogenated alkanes) is 1. The molecule has 1 aliphatic rings. The average molecular weight is 480 g/mol. The summed E-state index contributed by atoms with van der Waals surface area (Å²) in [6, 6.07) is 7.58. The van der Waals surface area contributed by atoms with E-state index in [1.807, 2.05) is 6.92 Å². The molecule has 4 rings (SSSR count). The van der Waals surface area contributed by atoms with Gasteiger partial charge in [0, 0.05) is 29.5 Å². The second kappa shape index (κ2) is 10.5. The quantitative estimate of drug-likeness (QED) is 0.205. The Hall–Kier alpha value is -3.72. The third kappa shape index (κ3) is 4.51. The van der Waals surface area contributed by atoms with Crippen LogP contribution in [0.5, 0.6) is 11.5 Å². The summed E-state index contributed by atoms with van der Waals surface area (Å²) < 4.78 is 11.7. The molecule has 0 radical (unpaired) electrons. The van der Waals surface area contributed by atoms with Crippen LogP contribution in [0.15, 0.2) is 59.9 Å². The number of hydrogen-bond acceptors (Lipinski definition) is 8. The molecule has 3 aromatic rings. The monoisotopic (exact) mass is 479 g/mol. The van der Waals surface area contributed by atoms with Crippen molar-refractivity contribution in [3.05, 3.63) is 71.0 Å². The van der Waals surface area contributed by atoms with E-state index in [0.717, 1.165) is 12.8 Å². The minimum Gasteiger partial charge on any atom is -0.507 e. The first kappa shape index (κ1) is 23.4. The number of anilines is 1. The molecule has 1 N–H and O–H groups in total. The summed E-state index contributed by atoms with van der Waals surface area (Å²) in [5.74, 6) is -0.720. The van der Waals surface area contributed by atoms with Gasteiger partial charge in [0.15, 0.2) is 16.6 Å². The van der Waals surface area contributed by atoms with Crippen molar-refractivity contribution in [2.24, 2.45) is 0 Å². The Bertz CT molecular complexity index is 1190. The van der Waals surface area contributed by atoms with Crippen LogP contribution in [0.1, 0.15) is 43.9 Å². The zero-order valence-electron chi connectivity index (χ0n) is 18.9. The fourth-order valence-electron chi connectivity index (χ4n) is 3.75. The number of carbonyl (C=O) groups is 2. The molecule has 1 atom stereocenters. The molecule has 0 spiro atoms. The summed E-state index contributed by atoms with van der Waals surface area (Å²) in [5, 5.41) is 13.2. The van der Waals surface area contributed by atoms with Crippen LogP contribution in [-0.2, 0) is 9.59 Å². The summed E-state index contributed by atoms with van der Waals surface area (Å²) in [5.41, 5.74) is 0.964. The summed E-state index contributed by atoms with van der Waals surface area (Å²) in [6.07, 6.45) is 6.49. The van der Waals surface area contributed by atoms with Crippen molar-refractivity contribution in [2.45, 2.75) is 32.7 Å². The highest BCUT2D eigenvalue weighted by Crippen LogP contribution is 2.44. The molecule has 1 aromatic carbocycles. The lowest BCUT2D eigenvalue weighted by atomic mass is 9.95. The van der Waals surface area contributed by atoms with Crippen molar-refractivity contribution in [3.63, 3.8) is 0 Å². The Labute approximate surface area is 201 Å². The van der Waals surface area contributed by atoms with Crippen molar-refractivity contribution in [2.75, 3.05) is 18.1 Å². The molecule has 0 bridgehead atoms. The Balaban J connectivity index is 1.86. The van der Waals surface area contributed by atoms with Gasteiger partial charge >= 0.3 is 5.91 Å². The van der Waals surface area contributed by atoms with Crippen LogP contribution in [-0.4, -0.2) is 40.0 Å². The fourth-order valence-corrected chi connectivity index (χ4v) is 4.42. The van der Waals surface area contributed by atoms with Crippen molar-refractivity contribution in [1.29, 1.82) is 0 Å². The van der Waals surface area contributed by atoms with Gasteiger partial charge in [-0.15, -0.1) is 11.3 Å². The van der Waals surface area contributed by atoms with E-state index < -0.39 is 17.7 Å². The van der Waals surface area contributed by atoms with Crippen molar-refractivity contribution < 1.29 is 24.2 Å². The maximum atomic E-state index is 13.2. The minimum atomic E-state index is -0.886. The summed E-state index contributed by atoms with van der Waals surface area (Å²) in [7, 11) is 0. The topological polar surface area (TPSA) is 102 Å². The van der Waals surface area contributed by atoms with Crippen LogP contribution in [0.2, 0.25) is 0 Å². The van der Waals surface area contributed by atoms with E-state index >= 15 is 0 Å². The Morgan fingerprint density at radius 1 is 1.09 bits per heavy atom. The Kier molecular flexibility index (Phi) is 7.22. The fraction of sp³-hybridized carbons (Fsp3) is 0.280. The van der Waals surface area contributed by atoms with Crippen molar-refractivity contribution in [1.82, 2.24) is 9.97 Å². The average Bonchev–Trinajstić information content (AvgIpc) is 3.47. The third-order valence-electron chi connectivity index (χ3n) is 5.36. The zero-order valence-corrected chi connectivity index (χ0v) is 19.7. The van der Waals surface area contributed by atoms with E-state index in [1.165, 1.54) is 28.6 Å². The molecule has 1 saturated heterocycles. The number of benzene rings is 1. The number of rotatable bonds is 9.